The van der Waals surface area contributed by atoms with E-state index in [-0.39, 0.29) is 0 Å². The Morgan fingerprint density at radius 2 is 2.20 bits per heavy atom. The van der Waals surface area contributed by atoms with Crippen molar-refractivity contribution in [3.05, 3.63) is 11.9 Å². The first-order chi connectivity index (χ1) is 9.58. The highest BCUT2D eigenvalue weighted by Crippen LogP contribution is 2.40. The van der Waals surface area contributed by atoms with Crippen LogP contribution in [0.15, 0.2) is 6.20 Å². The van der Waals surface area contributed by atoms with Crippen LogP contribution < -0.4 is 0 Å². The molecule has 1 N–H and O–H groups in total. The summed E-state index contributed by atoms with van der Waals surface area (Å²) in [6.07, 6.45) is 8.86. The average molecular weight is 278 g/mol. The highest BCUT2D eigenvalue weighted by atomic mass is 16.3. The van der Waals surface area contributed by atoms with Crippen LogP contribution in [0.1, 0.15) is 51.1 Å². The third-order valence-electron chi connectivity index (χ3n) is 5.30. The molecular weight excluding hydrogens is 252 g/mol. The minimum Gasteiger partial charge on any atom is -0.390 e. The topological polar surface area (TPSA) is 54.2 Å². The smallest absolute Gasteiger partial charge is 0.0738 e. The molecular formula is C15H26N4O. The van der Waals surface area contributed by atoms with Gasteiger partial charge in [0.1, 0.15) is 0 Å². The van der Waals surface area contributed by atoms with E-state index < -0.39 is 5.60 Å². The Morgan fingerprint density at radius 1 is 1.35 bits per heavy atom. The van der Waals surface area contributed by atoms with E-state index in [0.717, 1.165) is 31.6 Å². The van der Waals surface area contributed by atoms with Crippen molar-refractivity contribution in [2.75, 3.05) is 6.54 Å². The maximum absolute atomic E-state index is 10.7. The molecule has 0 unspecified atom stereocenters. The lowest BCUT2D eigenvalue weighted by Crippen LogP contribution is -2.48. The number of aliphatic hydroxyl groups is 1. The molecule has 0 bridgehead atoms. The molecule has 2 aliphatic rings. The minimum atomic E-state index is -0.490. The molecule has 112 valence electrons. The molecule has 1 aromatic heterocycles. The second kappa shape index (κ2) is 5.45. The molecule has 0 radical (unpaired) electrons. The molecule has 20 heavy (non-hydrogen) atoms. The number of hydrogen-bond donors (Lipinski definition) is 1. The van der Waals surface area contributed by atoms with Crippen LogP contribution >= 0.6 is 0 Å². The van der Waals surface area contributed by atoms with Crippen LogP contribution in [0.2, 0.25) is 0 Å². The zero-order chi connectivity index (χ0) is 14.2. The van der Waals surface area contributed by atoms with Crippen molar-refractivity contribution in [3.63, 3.8) is 0 Å². The molecule has 3 atom stereocenters. The van der Waals surface area contributed by atoms with Crippen molar-refractivity contribution in [2.24, 2.45) is 13.0 Å². The Kier molecular flexibility index (Phi) is 3.82. The predicted octanol–water partition coefficient (Wildman–Crippen LogP) is 1.72. The van der Waals surface area contributed by atoms with Crippen molar-refractivity contribution in [3.8, 4) is 0 Å². The standard InChI is InChI=1S/C15H26N4O/c1-15(20)8-4-3-6-13(15)14-7-5-9-19(14)11-12-10-16-17-18(12)2/h10,13-14,20H,3-9,11H2,1-2H3/t13-,14+,15+/m0/s1. The maximum Gasteiger partial charge on any atom is 0.0738 e. The molecule has 1 saturated heterocycles. The van der Waals surface area contributed by atoms with Crippen molar-refractivity contribution < 1.29 is 5.11 Å². The lowest BCUT2D eigenvalue weighted by Gasteiger charge is -2.43. The van der Waals surface area contributed by atoms with Gasteiger partial charge >= 0.3 is 0 Å². The molecule has 0 spiro atoms. The first-order valence-electron chi connectivity index (χ1n) is 7.88. The van der Waals surface area contributed by atoms with Crippen LogP contribution in [-0.4, -0.2) is 43.2 Å². The molecule has 1 saturated carbocycles. The van der Waals surface area contributed by atoms with Gasteiger partial charge in [0, 0.05) is 25.6 Å². The highest BCUT2D eigenvalue weighted by Gasteiger charge is 2.43. The number of rotatable bonds is 3. The Morgan fingerprint density at radius 3 is 2.90 bits per heavy atom. The van der Waals surface area contributed by atoms with Crippen molar-refractivity contribution in [1.82, 2.24) is 19.9 Å². The van der Waals surface area contributed by atoms with Crippen LogP contribution in [0.4, 0.5) is 0 Å². The normalized spacial score (nSPS) is 35.5. The van der Waals surface area contributed by atoms with Gasteiger partial charge in [-0.25, -0.2) is 0 Å². The zero-order valence-corrected chi connectivity index (χ0v) is 12.6. The molecule has 2 heterocycles. The van der Waals surface area contributed by atoms with Gasteiger partial charge in [0.15, 0.2) is 0 Å². The van der Waals surface area contributed by atoms with Gasteiger partial charge in [0.2, 0.25) is 0 Å². The number of hydrogen-bond acceptors (Lipinski definition) is 4. The van der Waals surface area contributed by atoms with E-state index in [1.165, 1.54) is 25.7 Å². The molecule has 1 aliphatic heterocycles. The highest BCUT2D eigenvalue weighted by molar-refractivity contribution is 5.00. The lowest BCUT2D eigenvalue weighted by molar-refractivity contribution is -0.0630. The Balaban J connectivity index is 1.73. The fourth-order valence-electron chi connectivity index (χ4n) is 4.12. The zero-order valence-electron chi connectivity index (χ0n) is 12.6. The summed E-state index contributed by atoms with van der Waals surface area (Å²) < 4.78 is 1.86. The first-order valence-corrected chi connectivity index (χ1v) is 7.88. The van der Waals surface area contributed by atoms with Crippen LogP contribution in [0.25, 0.3) is 0 Å². The third-order valence-corrected chi connectivity index (χ3v) is 5.30. The van der Waals surface area contributed by atoms with Crippen LogP contribution in [-0.2, 0) is 13.6 Å². The van der Waals surface area contributed by atoms with E-state index in [0.29, 0.717) is 12.0 Å². The van der Waals surface area contributed by atoms with Gasteiger partial charge in [-0.05, 0) is 39.2 Å². The third kappa shape index (κ3) is 2.61. The van der Waals surface area contributed by atoms with E-state index in [1.54, 1.807) is 0 Å². The van der Waals surface area contributed by atoms with E-state index in [2.05, 4.69) is 15.2 Å². The van der Waals surface area contributed by atoms with Crippen LogP contribution in [0.3, 0.4) is 0 Å². The Labute approximate surface area is 121 Å². The molecule has 1 aromatic rings. The fraction of sp³-hybridized carbons (Fsp3) is 0.867. The van der Waals surface area contributed by atoms with Crippen molar-refractivity contribution >= 4 is 0 Å². The fourth-order valence-corrected chi connectivity index (χ4v) is 4.12. The van der Waals surface area contributed by atoms with E-state index >= 15 is 0 Å². The van der Waals surface area contributed by atoms with E-state index in [1.807, 2.05) is 24.9 Å². The van der Waals surface area contributed by atoms with Gasteiger partial charge in [0.05, 0.1) is 17.5 Å². The minimum absolute atomic E-state index is 0.417. The lowest BCUT2D eigenvalue weighted by atomic mass is 9.72. The van der Waals surface area contributed by atoms with E-state index in [4.69, 9.17) is 0 Å². The largest absolute Gasteiger partial charge is 0.390 e. The summed E-state index contributed by atoms with van der Waals surface area (Å²) in [5.74, 6) is 0.417. The summed E-state index contributed by atoms with van der Waals surface area (Å²) in [6.45, 7) is 4.07. The van der Waals surface area contributed by atoms with Gasteiger partial charge in [-0.2, -0.15) is 0 Å². The maximum atomic E-state index is 10.7. The van der Waals surface area contributed by atoms with Crippen molar-refractivity contribution in [1.29, 1.82) is 0 Å². The second-order valence-corrected chi connectivity index (χ2v) is 6.74. The summed E-state index contributed by atoms with van der Waals surface area (Å²) in [5.41, 5.74) is 0.670. The number of nitrogens with zero attached hydrogens (tertiary/aromatic N) is 4. The Bertz CT molecular complexity index is 456. The van der Waals surface area contributed by atoms with Gasteiger partial charge in [-0.15, -0.1) is 5.10 Å². The number of aryl methyl sites for hydroxylation is 1. The first kappa shape index (κ1) is 14.0. The predicted molar refractivity (Wildman–Crippen MR) is 77.0 cm³/mol. The summed E-state index contributed by atoms with van der Waals surface area (Å²) >= 11 is 0. The monoisotopic (exact) mass is 278 g/mol. The van der Waals surface area contributed by atoms with Crippen molar-refractivity contribution in [2.45, 2.75) is 63.6 Å². The van der Waals surface area contributed by atoms with Crippen LogP contribution in [0.5, 0.6) is 0 Å². The van der Waals surface area contributed by atoms with Gasteiger partial charge in [-0.3, -0.25) is 9.58 Å². The van der Waals surface area contributed by atoms with E-state index in [9.17, 15) is 5.11 Å². The molecule has 3 rings (SSSR count). The van der Waals surface area contributed by atoms with Gasteiger partial charge in [-0.1, -0.05) is 18.1 Å². The van der Waals surface area contributed by atoms with Crippen LogP contribution in [0, 0.1) is 5.92 Å². The Hall–Kier alpha value is -0.940. The second-order valence-electron chi connectivity index (χ2n) is 6.74. The number of aromatic nitrogens is 3. The summed E-state index contributed by atoms with van der Waals surface area (Å²) in [6, 6.07) is 0.514. The number of likely N-dealkylation sites (tertiary alicyclic amines) is 1. The average Bonchev–Trinajstić information content (AvgIpc) is 3.00. The molecule has 2 fully saturated rings. The summed E-state index contributed by atoms with van der Waals surface area (Å²) in [5, 5.41) is 18.7. The van der Waals surface area contributed by atoms with Gasteiger partial charge in [0.25, 0.3) is 0 Å². The molecule has 5 nitrogen and oxygen atoms in total. The quantitative estimate of drug-likeness (QED) is 0.914. The molecule has 0 aromatic carbocycles. The molecule has 1 aliphatic carbocycles. The summed E-state index contributed by atoms with van der Waals surface area (Å²) in [4.78, 5) is 2.53. The van der Waals surface area contributed by atoms with Gasteiger partial charge < -0.3 is 5.11 Å². The SMILES string of the molecule is Cn1nncc1CN1CCC[C@@H]1[C@@H]1CCCC[C@@]1(C)O. The molecule has 5 heteroatoms. The summed E-state index contributed by atoms with van der Waals surface area (Å²) in [7, 11) is 1.95. The molecule has 0 amide bonds.